The topological polar surface area (TPSA) is 66.4 Å². The first-order valence-corrected chi connectivity index (χ1v) is 7.12. The van der Waals surface area contributed by atoms with Crippen molar-refractivity contribution in [1.82, 2.24) is 5.32 Å². The van der Waals surface area contributed by atoms with Crippen molar-refractivity contribution >= 4 is 11.9 Å². The SMILES string of the molecule is CC1(NC(=O)Cc2cccc(C(=O)O)c2)CCCCC1. The van der Waals surface area contributed by atoms with Gasteiger partial charge in [0.15, 0.2) is 0 Å². The Kier molecular flexibility index (Phi) is 4.42. The van der Waals surface area contributed by atoms with Crippen LogP contribution in [0.4, 0.5) is 0 Å². The van der Waals surface area contributed by atoms with Gasteiger partial charge in [-0.1, -0.05) is 31.4 Å². The second kappa shape index (κ2) is 6.07. The zero-order chi connectivity index (χ0) is 14.6. The Hall–Kier alpha value is -1.84. The van der Waals surface area contributed by atoms with Crippen molar-refractivity contribution in [3.05, 3.63) is 35.4 Å². The van der Waals surface area contributed by atoms with Gasteiger partial charge in [0.25, 0.3) is 0 Å². The molecule has 0 atom stereocenters. The smallest absolute Gasteiger partial charge is 0.335 e. The molecule has 4 heteroatoms. The minimum atomic E-state index is -0.966. The van der Waals surface area contributed by atoms with Gasteiger partial charge in [-0.2, -0.15) is 0 Å². The van der Waals surface area contributed by atoms with E-state index >= 15 is 0 Å². The first-order chi connectivity index (χ1) is 9.48. The van der Waals surface area contributed by atoms with Crippen LogP contribution in [0.3, 0.4) is 0 Å². The van der Waals surface area contributed by atoms with Crippen molar-refractivity contribution in [2.24, 2.45) is 0 Å². The number of aromatic carboxylic acids is 1. The number of rotatable bonds is 4. The highest BCUT2D eigenvalue weighted by Gasteiger charge is 2.28. The minimum Gasteiger partial charge on any atom is -0.478 e. The number of carbonyl (C=O) groups excluding carboxylic acids is 1. The molecule has 0 bridgehead atoms. The summed E-state index contributed by atoms with van der Waals surface area (Å²) in [6, 6.07) is 6.56. The number of hydrogen-bond acceptors (Lipinski definition) is 2. The van der Waals surface area contributed by atoms with E-state index in [1.807, 2.05) is 0 Å². The largest absolute Gasteiger partial charge is 0.478 e. The molecule has 1 fully saturated rings. The van der Waals surface area contributed by atoms with Crippen LogP contribution in [-0.2, 0) is 11.2 Å². The van der Waals surface area contributed by atoms with Crippen LogP contribution in [0.2, 0.25) is 0 Å². The van der Waals surface area contributed by atoms with E-state index in [2.05, 4.69) is 12.2 Å². The molecule has 0 spiro atoms. The maximum Gasteiger partial charge on any atom is 0.335 e. The maximum atomic E-state index is 12.1. The number of carboxylic acids is 1. The molecule has 1 saturated carbocycles. The van der Waals surface area contributed by atoms with Crippen molar-refractivity contribution in [1.29, 1.82) is 0 Å². The summed E-state index contributed by atoms with van der Waals surface area (Å²) in [6.45, 7) is 2.09. The number of carbonyl (C=O) groups is 2. The van der Waals surface area contributed by atoms with Gasteiger partial charge >= 0.3 is 5.97 Å². The van der Waals surface area contributed by atoms with Crippen LogP contribution >= 0.6 is 0 Å². The Labute approximate surface area is 119 Å². The Morgan fingerprint density at radius 2 is 1.95 bits per heavy atom. The summed E-state index contributed by atoms with van der Waals surface area (Å²) in [5, 5.41) is 12.1. The third-order valence-electron chi connectivity index (χ3n) is 3.94. The summed E-state index contributed by atoms with van der Waals surface area (Å²) in [4.78, 5) is 23.0. The van der Waals surface area contributed by atoms with Crippen LogP contribution in [0.15, 0.2) is 24.3 Å². The standard InChI is InChI=1S/C16H21NO3/c1-16(8-3-2-4-9-16)17-14(18)11-12-6-5-7-13(10-12)15(19)20/h5-7,10H,2-4,8-9,11H2,1H3,(H,17,18)(H,19,20). The summed E-state index contributed by atoms with van der Waals surface area (Å²) in [5.41, 5.74) is 0.862. The van der Waals surface area contributed by atoms with E-state index in [9.17, 15) is 9.59 Å². The fraction of sp³-hybridized carbons (Fsp3) is 0.500. The third kappa shape index (κ3) is 3.83. The molecule has 0 aromatic heterocycles. The lowest BCUT2D eigenvalue weighted by atomic mass is 9.83. The molecule has 0 unspecified atom stereocenters. The van der Waals surface area contributed by atoms with Crippen LogP contribution in [0, 0.1) is 0 Å². The summed E-state index contributed by atoms with van der Waals surface area (Å²) in [6.07, 6.45) is 5.83. The number of amides is 1. The molecule has 2 rings (SSSR count). The van der Waals surface area contributed by atoms with Gasteiger partial charge in [-0.3, -0.25) is 4.79 Å². The molecule has 108 valence electrons. The van der Waals surface area contributed by atoms with E-state index < -0.39 is 5.97 Å². The zero-order valence-corrected chi connectivity index (χ0v) is 11.8. The first-order valence-electron chi connectivity index (χ1n) is 7.12. The lowest BCUT2D eigenvalue weighted by Gasteiger charge is -2.34. The quantitative estimate of drug-likeness (QED) is 0.888. The molecule has 20 heavy (non-hydrogen) atoms. The number of hydrogen-bond donors (Lipinski definition) is 2. The molecular formula is C16H21NO3. The average molecular weight is 275 g/mol. The van der Waals surface area contributed by atoms with Gasteiger partial charge in [0.05, 0.1) is 12.0 Å². The van der Waals surface area contributed by atoms with Crippen LogP contribution in [-0.4, -0.2) is 22.5 Å². The second-order valence-electron chi connectivity index (χ2n) is 5.85. The van der Waals surface area contributed by atoms with Gasteiger partial charge in [-0.15, -0.1) is 0 Å². The Morgan fingerprint density at radius 1 is 1.25 bits per heavy atom. The van der Waals surface area contributed by atoms with E-state index in [1.54, 1.807) is 18.2 Å². The fourth-order valence-corrected chi connectivity index (χ4v) is 2.84. The normalized spacial score (nSPS) is 17.4. The van der Waals surface area contributed by atoms with E-state index in [1.165, 1.54) is 12.5 Å². The predicted octanol–water partition coefficient (Wildman–Crippen LogP) is 2.77. The number of benzene rings is 1. The van der Waals surface area contributed by atoms with Crippen molar-refractivity contribution < 1.29 is 14.7 Å². The lowest BCUT2D eigenvalue weighted by Crippen LogP contribution is -2.47. The van der Waals surface area contributed by atoms with Crippen molar-refractivity contribution in [2.45, 2.75) is 51.0 Å². The summed E-state index contributed by atoms with van der Waals surface area (Å²) in [7, 11) is 0. The molecule has 1 aliphatic carbocycles. The van der Waals surface area contributed by atoms with E-state index in [0.717, 1.165) is 31.2 Å². The molecule has 1 aromatic rings. The Morgan fingerprint density at radius 3 is 2.60 bits per heavy atom. The molecule has 0 heterocycles. The zero-order valence-electron chi connectivity index (χ0n) is 11.8. The van der Waals surface area contributed by atoms with Crippen LogP contribution in [0.25, 0.3) is 0 Å². The molecule has 2 N–H and O–H groups in total. The Balaban J connectivity index is 1.97. The molecule has 1 aromatic carbocycles. The van der Waals surface area contributed by atoms with Crippen molar-refractivity contribution in [3.8, 4) is 0 Å². The van der Waals surface area contributed by atoms with Crippen LogP contribution in [0.5, 0.6) is 0 Å². The van der Waals surface area contributed by atoms with E-state index in [-0.39, 0.29) is 23.4 Å². The molecule has 0 saturated heterocycles. The molecule has 1 aliphatic rings. The van der Waals surface area contributed by atoms with Gasteiger partial charge in [0, 0.05) is 5.54 Å². The van der Waals surface area contributed by atoms with Gasteiger partial charge in [0.1, 0.15) is 0 Å². The van der Waals surface area contributed by atoms with Gasteiger partial charge in [0.2, 0.25) is 5.91 Å². The highest BCUT2D eigenvalue weighted by Crippen LogP contribution is 2.27. The lowest BCUT2D eigenvalue weighted by molar-refractivity contribution is -0.122. The van der Waals surface area contributed by atoms with Gasteiger partial charge in [-0.25, -0.2) is 4.79 Å². The van der Waals surface area contributed by atoms with Crippen molar-refractivity contribution in [3.63, 3.8) is 0 Å². The summed E-state index contributed by atoms with van der Waals surface area (Å²) < 4.78 is 0. The molecular weight excluding hydrogens is 254 g/mol. The predicted molar refractivity (Wildman–Crippen MR) is 76.7 cm³/mol. The second-order valence-corrected chi connectivity index (χ2v) is 5.85. The molecule has 0 radical (unpaired) electrons. The van der Waals surface area contributed by atoms with E-state index in [4.69, 9.17) is 5.11 Å². The monoisotopic (exact) mass is 275 g/mol. The number of carboxylic acid groups (broad SMARTS) is 1. The maximum absolute atomic E-state index is 12.1. The molecule has 0 aliphatic heterocycles. The summed E-state index contributed by atoms with van der Waals surface area (Å²) >= 11 is 0. The number of nitrogens with one attached hydrogen (secondary N) is 1. The Bertz CT molecular complexity index is 504. The minimum absolute atomic E-state index is 0.0306. The van der Waals surface area contributed by atoms with Crippen molar-refractivity contribution in [2.75, 3.05) is 0 Å². The van der Waals surface area contributed by atoms with Gasteiger partial charge in [-0.05, 0) is 37.5 Å². The molecule has 1 amide bonds. The summed E-state index contributed by atoms with van der Waals surface area (Å²) in [5.74, 6) is -0.997. The van der Waals surface area contributed by atoms with Gasteiger partial charge < -0.3 is 10.4 Å². The average Bonchev–Trinajstić information content (AvgIpc) is 2.39. The van der Waals surface area contributed by atoms with Crippen LogP contribution in [0.1, 0.15) is 54.9 Å². The third-order valence-corrected chi connectivity index (χ3v) is 3.94. The van der Waals surface area contributed by atoms with Crippen LogP contribution < -0.4 is 5.32 Å². The fourth-order valence-electron chi connectivity index (χ4n) is 2.84. The highest BCUT2D eigenvalue weighted by atomic mass is 16.4. The first kappa shape index (κ1) is 14.6. The highest BCUT2D eigenvalue weighted by molar-refractivity contribution is 5.88. The van der Waals surface area contributed by atoms with E-state index in [0.29, 0.717) is 0 Å². The molecule has 4 nitrogen and oxygen atoms in total.